The number of amides is 2. The average Bonchev–Trinajstić information content (AvgIpc) is 3.30. The first-order valence-corrected chi connectivity index (χ1v) is 12.1. The third-order valence-corrected chi connectivity index (χ3v) is 7.33. The van der Waals surface area contributed by atoms with Crippen LogP contribution in [-0.2, 0) is 11.2 Å². The number of nitrogens with one attached hydrogen (secondary N) is 1. The molecule has 0 saturated heterocycles. The Morgan fingerprint density at radius 1 is 0.971 bits per heavy atom. The molecule has 1 aliphatic heterocycles. The van der Waals surface area contributed by atoms with Gasteiger partial charge in [0, 0.05) is 18.7 Å². The molecule has 1 N–H and O–H groups in total. The van der Waals surface area contributed by atoms with E-state index in [1.54, 1.807) is 23.1 Å². The molecule has 4 nitrogen and oxygen atoms in total. The molecule has 0 atom stereocenters. The largest absolute Gasteiger partial charge is 0.326 e. The summed E-state index contributed by atoms with van der Waals surface area (Å²) in [5.41, 5.74) is 5.87. The van der Waals surface area contributed by atoms with Crippen LogP contribution in [0.15, 0.2) is 66.7 Å². The van der Waals surface area contributed by atoms with Gasteiger partial charge >= 0.3 is 6.03 Å². The monoisotopic (exact) mass is 456 g/mol. The van der Waals surface area contributed by atoms with Gasteiger partial charge in [-0.3, -0.25) is 4.90 Å². The molecular weight excluding hydrogens is 427 g/mol. The number of rotatable bonds is 5. The van der Waals surface area contributed by atoms with Gasteiger partial charge in [-0.15, -0.1) is 0 Å². The molecule has 2 aliphatic rings. The highest BCUT2D eigenvalue weighted by Gasteiger charge is 2.26. The number of anilines is 2. The number of hydrogen-bond acceptors (Lipinski definition) is 2. The zero-order chi connectivity index (χ0) is 23.5. The highest BCUT2D eigenvalue weighted by atomic mass is 19.1. The van der Waals surface area contributed by atoms with E-state index in [-0.39, 0.29) is 11.7 Å². The Morgan fingerprint density at radius 3 is 2.44 bits per heavy atom. The summed E-state index contributed by atoms with van der Waals surface area (Å²) < 4.78 is 13.9. The van der Waals surface area contributed by atoms with Crippen LogP contribution in [0.5, 0.6) is 0 Å². The number of para-hydroxylation sites is 1. The molecule has 5 rings (SSSR count). The first kappa shape index (κ1) is 22.3. The van der Waals surface area contributed by atoms with Crippen molar-refractivity contribution in [2.45, 2.75) is 44.4 Å². The molecule has 0 aromatic heterocycles. The number of fused-ring (bicyclic) bond motifs is 1. The summed E-state index contributed by atoms with van der Waals surface area (Å²) in [7, 11) is 0. The summed E-state index contributed by atoms with van der Waals surface area (Å²) in [5.74, 6) is 0.703. The summed E-state index contributed by atoms with van der Waals surface area (Å²) in [6.45, 7) is 0.574. The van der Waals surface area contributed by atoms with Crippen molar-refractivity contribution in [2.75, 3.05) is 16.8 Å². The minimum atomic E-state index is -0.442. The second-order valence-electron chi connectivity index (χ2n) is 9.40. The number of benzene rings is 3. The number of aldehydes is 1. The summed E-state index contributed by atoms with van der Waals surface area (Å²) >= 11 is 0. The first-order valence-electron chi connectivity index (χ1n) is 12.1. The fraction of sp³-hybridized carbons (Fsp3) is 0.310. The van der Waals surface area contributed by atoms with E-state index in [0.29, 0.717) is 24.8 Å². The van der Waals surface area contributed by atoms with Crippen LogP contribution in [-0.4, -0.2) is 18.9 Å². The summed E-state index contributed by atoms with van der Waals surface area (Å²) in [6, 6.07) is 20.9. The molecule has 5 heteroatoms. The predicted octanol–water partition coefficient (Wildman–Crippen LogP) is 6.95. The van der Waals surface area contributed by atoms with Crippen LogP contribution in [0.1, 0.15) is 49.1 Å². The Kier molecular flexibility index (Phi) is 6.43. The molecular formula is C29H29FN2O2. The molecule has 0 radical (unpaired) electrons. The van der Waals surface area contributed by atoms with Crippen molar-refractivity contribution in [2.24, 2.45) is 5.92 Å². The molecule has 1 heterocycles. The van der Waals surface area contributed by atoms with Gasteiger partial charge in [0.1, 0.15) is 12.1 Å². The third-order valence-electron chi connectivity index (χ3n) is 7.33. The molecule has 3 aromatic rings. The van der Waals surface area contributed by atoms with Crippen molar-refractivity contribution in [3.63, 3.8) is 0 Å². The normalized spacial score (nSPS) is 19.5. The lowest BCUT2D eigenvalue weighted by molar-refractivity contribution is -0.108. The molecule has 174 valence electrons. The number of carbonyl (C=O) groups excluding carboxylic acids is 2. The van der Waals surface area contributed by atoms with Gasteiger partial charge < -0.3 is 10.1 Å². The summed E-state index contributed by atoms with van der Waals surface area (Å²) in [4.78, 5) is 25.2. The second kappa shape index (κ2) is 9.80. The lowest BCUT2D eigenvalue weighted by Gasteiger charge is -2.27. The topological polar surface area (TPSA) is 49.4 Å². The van der Waals surface area contributed by atoms with Crippen molar-refractivity contribution in [1.29, 1.82) is 0 Å². The van der Waals surface area contributed by atoms with Gasteiger partial charge in [-0.05, 0) is 90.5 Å². The standard InChI is InChI=1S/C29H29FN2O2/c30-26-3-1-2-4-27(26)31-29(34)32-17-15-25-19-24(13-14-28(25)32)23-11-9-22(10-12-23)21-7-5-20(6-8-21)16-18-33/h1-4,9-14,18-21H,5-8,15-17H2,(H,31,34). The number of halogens is 1. The van der Waals surface area contributed by atoms with E-state index in [0.717, 1.165) is 60.8 Å². The Bertz CT molecular complexity index is 1180. The molecule has 3 aromatic carbocycles. The number of carbonyl (C=O) groups is 2. The van der Waals surface area contributed by atoms with E-state index in [1.807, 2.05) is 12.1 Å². The van der Waals surface area contributed by atoms with Gasteiger partial charge in [0.05, 0.1) is 5.69 Å². The van der Waals surface area contributed by atoms with Crippen LogP contribution in [0, 0.1) is 11.7 Å². The van der Waals surface area contributed by atoms with E-state index >= 15 is 0 Å². The van der Waals surface area contributed by atoms with Crippen LogP contribution < -0.4 is 10.2 Å². The molecule has 0 spiro atoms. The predicted molar refractivity (Wildman–Crippen MR) is 134 cm³/mol. The van der Waals surface area contributed by atoms with Gasteiger partial charge in [-0.25, -0.2) is 9.18 Å². The maximum atomic E-state index is 13.9. The van der Waals surface area contributed by atoms with E-state index in [1.165, 1.54) is 11.6 Å². The van der Waals surface area contributed by atoms with E-state index in [2.05, 4.69) is 35.6 Å². The second-order valence-corrected chi connectivity index (χ2v) is 9.40. The van der Waals surface area contributed by atoms with Crippen LogP contribution in [0.3, 0.4) is 0 Å². The molecule has 1 aliphatic carbocycles. The fourth-order valence-electron chi connectivity index (χ4n) is 5.35. The lowest BCUT2D eigenvalue weighted by Crippen LogP contribution is -2.33. The van der Waals surface area contributed by atoms with E-state index in [9.17, 15) is 14.0 Å². The summed E-state index contributed by atoms with van der Waals surface area (Å²) in [6.07, 6.45) is 7.12. The minimum Gasteiger partial charge on any atom is -0.305 e. The van der Waals surface area contributed by atoms with E-state index in [4.69, 9.17) is 0 Å². The van der Waals surface area contributed by atoms with Crippen molar-refractivity contribution in [3.8, 4) is 11.1 Å². The fourth-order valence-corrected chi connectivity index (χ4v) is 5.35. The molecule has 0 bridgehead atoms. The van der Waals surface area contributed by atoms with Crippen molar-refractivity contribution >= 4 is 23.7 Å². The Morgan fingerprint density at radius 2 is 1.71 bits per heavy atom. The number of hydrogen-bond donors (Lipinski definition) is 1. The Balaban J connectivity index is 1.26. The quantitative estimate of drug-likeness (QED) is 0.422. The Labute approximate surface area is 199 Å². The van der Waals surface area contributed by atoms with Crippen molar-refractivity contribution in [3.05, 3.63) is 83.7 Å². The van der Waals surface area contributed by atoms with Crippen LogP contribution >= 0.6 is 0 Å². The highest BCUT2D eigenvalue weighted by molar-refractivity contribution is 6.03. The molecule has 0 unspecified atom stereocenters. The Hall–Kier alpha value is -3.47. The summed E-state index contributed by atoms with van der Waals surface area (Å²) in [5, 5.41) is 2.68. The molecule has 1 fully saturated rings. The highest BCUT2D eigenvalue weighted by Crippen LogP contribution is 2.38. The van der Waals surface area contributed by atoms with Crippen molar-refractivity contribution in [1.82, 2.24) is 0 Å². The third kappa shape index (κ3) is 4.60. The van der Waals surface area contributed by atoms with Gasteiger partial charge in [0.2, 0.25) is 0 Å². The van der Waals surface area contributed by atoms with Crippen LogP contribution in [0.25, 0.3) is 11.1 Å². The SMILES string of the molecule is O=CCC1CCC(c2ccc(-c3ccc4c(c3)CCN4C(=O)Nc3ccccc3F)cc2)CC1. The smallest absolute Gasteiger partial charge is 0.305 e. The van der Waals surface area contributed by atoms with Crippen molar-refractivity contribution < 1.29 is 14.0 Å². The molecule has 34 heavy (non-hydrogen) atoms. The zero-order valence-electron chi connectivity index (χ0n) is 19.2. The van der Waals surface area contributed by atoms with Gasteiger partial charge in [0.15, 0.2) is 0 Å². The van der Waals surface area contributed by atoms with Crippen LogP contribution in [0.2, 0.25) is 0 Å². The van der Waals surface area contributed by atoms with Gasteiger partial charge in [-0.2, -0.15) is 0 Å². The zero-order valence-corrected chi connectivity index (χ0v) is 19.2. The maximum absolute atomic E-state index is 13.9. The maximum Gasteiger partial charge on any atom is 0.326 e. The minimum absolute atomic E-state index is 0.190. The number of urea groups is 1. The van der Waals surface area contributed by atoms with E-state index < -0.39 is 5.82 Å². The molecule has 2 amide bonds. The van der Waals surface area contributed by atoms with Crippen LogP contribution in [0.4, 0.5) is 20.6 Å². The average molecular weight is 457 g/mol. The van der Waals surface area contributed by atoms with Gasteiger partial charge in [0.25, 0.3) is 0 Å². The molecule has 1 saturated carbocycles. The number of nitrogens with zero attached hydrogens (tertiary/aromatic N) is 1. The first-order chi connectivity index (χ1) is 16.6. The lowest BCUT2D eigenvalue weighted by atomic mass is 9.77. The van der Waals surface area contributed by atoms with Gasteiger partial charge in [-0.1, -0.05) is 42.5 Å².